The summed E-state index contributed by atoms with van der Waals surface area (Å²) in [6, 6.07) is 17.2. The average Bonchev–Trinajstić information content (AvgIpc) is 2.69. The smallest absolute Gasteiger partial charge is 0.347 e. The zero-order valence-corrected chi connectivity index (χ0v) is 13.5. The number of aromatic nitrogens is 2. The lowest BCUT2D eigenvalue weighted by Gasteiger charge is -2.10. The largest absolute Gasteiger partial charge is 0.403 e. The molecular weight excluding hydrogens is 330 g/mol. The normalized spacial score (nSPS) is 10.6. The molecule has 0 radical (unpaired) electrons. The Balaban J connectivity index is 1.77. The molecule has 0 saturated heterocycles. The molecule has 2 aromatic carbocycles. The molecule has 2 heterocycles. The zero-order chi connectivity index (χ0) is 17.9. The molecule has 4 aromatic rings. The third kappa shape index (κ3) is 2.95. The molecule has 0 aliphatic heterocycles. The van der Waals surface area contributed by atoms with Crippen molar-refractivity contribution in [1.29, 1.82) is 0 Å². The molecule has 0 aliphatic rings. The minimum Gasteiger partial charge on any atom is -0.403 e. The van der Waals surface area contributed by atoms with Crippen molar-refractivity contribution < 1.29 is 9.21 Å². The van der Waals surface area contributed by atoms with E-state index in [1.54, 1.807) is 73.1 Å². The number of hydrogen-bond acceptors (Lipinski definition) is 5. The van der Waals surface area contributed by atoms with Gasteiger partial charge in [-0.2, -0.15) is 0 Å². The molecule has 126 valence electrons. The van der Waals surface area contributed by atoms with Gasteiger partial charge in [-0.15, -0.1) is 0 Å². The van der Waals surface area contributed by atoms with E-state index in [0.29, 0.717) is 27.7 Å². The van der Waals surface area contributed by atoms with Gasteiger partial charge in [-0.1, -0.05) is 24.3 Å². The SMILES string of the molecule is O=C(Nc1ccccc1-c1nc2ccccc2c(=O)o1)c1ccncc1. The third-order valence-corrected chi connectivity index (χ3v) is 3.88. The lowest BCUT2D eigenvalue weighted by molar-refractivity contribution is 0.102. The highest BCUT2D eigenvalue weighted by Gasteiger charge is 2.14. The fourth-order valence-electron chi connectivity index (χ4n) is 2.61. The molecule has 1 N–H and O–H groups in total. The number of hydrogen-bond donors (Lipinski definition) is 1. The lowest BCUT2D eigenvalue weighted by atomic mass is 10.1. The Labute approximate surface area is 148 Å². The molecule has 0 unspecified atom stereocenters. The maximum atomic E-state index is 12.4. The maximum absolute atomic E-state index is 12.4. The molecule has 2 aromatic heterocycles. The van der Waals surface area contributed by atoms with E-state index in [-0.39, 0.29) is 11.8 Å². The summed E-state index contributed by atoms with van der Waals surface area (Å²) in [5.74, 6) is -0.137. The van der Waals surface area contributed by atoms with E-state index < -0.39 is 5.63 Å². The van der Waals surface area contributed by atoms with Crippen LogP contribution < -0.4 is 10.9 Å². The monoisotopic (exact) mass is 343 g/mol. The van der Waals surface area contributed by atoms with Crippen LogP contribution in [0.3, 0.4) is 0 Å². The Morgan fingerprint density at radius 3 is 2.50 bits per heavy atom. The number of rotatable bonds is 3. The van der Waals surface area contributed by atoms with E-state index >= 15 is 0 Å². The second-order valence-corrected chi connectivity index (χ2v) is 5.56. The van der Waals surface area contributed by atoms with Gasteiger partial charge in [0.25, 0.3) is 5.91 Å². The van der Waals surface area contributed by atoms with Gasteiger partial charge < -0.3 is 9.73 Å². The van der Waals surface area contributed by atoms with Gasteiger partial charge in [0, 0.05) is 18.0 Å². The summed E-state index contributed by atoms with van der Waals surface area (Å²) in [6.45, 7) is 0. The van der Waals surface area contributed by atoms with Gasteiger partial charge in [0.05, 0.1) is 22.2 Å². The highest BCUT2D eigenvalue weighted by atomic mass is 16.4. The Hall–Kier alpha value is -3.80. The number of nitrogens with zero attached hydrogens (tertiary/aromatic N) is 2. The molecule has 0 bridgehead atoms. The molecule has 26 heavy (non-hydrogen) atoms. The van der Waals surface area contributed by atoms with E-state index in [1.165, 1.54) is 0 Å². The van der Waals surface area contributed by atoms with Gasteiger partial charge in [-0.05, 0) is 36.4 Å². The van der Waals surface area contributed by atoms with Crippen LogP contribution in [0.1, 0.15) is 10.4 Å². The van der Waals surface area contributed by atoms with E-state index in [4.69, 9.17) is 4.42 Å². The van der Waals surface area contributed by atoms with Crippen molar-refractivity contribution in [2.24, 2.45) is 0 Å². The van der Waals surface area contributed by atoms with E-state index in [2.05, 4.69) is 15.3 Å². The molecule has 1 amide bonds. The second-order valence-electron chi connectivity index (χ2n) is 5.56. The average molecular weight is 343 g/mol. The number of amides is 1. The molecule has 0 fully saturated rings. The highest BCUT2D eigenvalue weighted by Crippen LogP contribution is 2.27. The first-order valence-corrected chi connectivity index (χ1v) is 7.93. The molecule has 0 saturated carbocycles. The summed E-state index contributed by atoms with van der Waals surface area (Å²) in [6.07, 6.45) is 3.09. The van der Waals surface area contributed by atoms with Crippen LogP contribution in [0.15, 0.2) is 82.3 Å². The Bertz CT molecular complexity index is 1150. The topological polar surface area (TPSA) is 85.1 Å². The number of nitrogens with one attached hydrogen (secondary N) is 1. The predicted octanol–water partition coefficient (Wildman–Crippen LogP) is 3.50. The number of benzene rings is 2. The summed E-state index contributed by atoms with van der Waals surface area (Å²) < 4.78 is 5.38. The first kappa shape index (κ1) is 15.7. The first-order chi connectivity index (χ1) is 12.7. The molecule has 6 heteroatoms. The molecule has 0 atom stereocenters. The molecule has 4 rings (SSSR count). The molecule has 0 aliphatic carbocycles. The van der Waals surface area contributed by atoms with E-state index in [9.17, 15) is 9.59 Å². The van der Waals surface area contributed by atoms with Gasteiger partial charge >= 0.3 is 5.63 Å². The van der Waals surface area contributed by atoms with Crippen LogP contribution in [-0.4, -0.2) is 15.9 Å². The number of anilines is 1. The van der Waals surface area contributed by atoms with Gasteiger partial charge in [0.15, 0.2) is 0 Å². The maximum Gasteiger partial charge on any atom is 0.347 e. The van der Waals surface area contributed by atoms with Crippen LogP contribution in [0, 0.1) is 0 Å². The van der Waals surface area contributed by atoms with E-state index in [0.717, 1.165) is 0 Å². The van der Waals surface area contributed by atoms with Crippen molar-refractivity contribution in [3.63, 3.8) is 0 Å². The summed E-state index contributed by atoms with van der Waals surface area (Å²) in [4.78, 5) is 33.0. The fourth-order valence-corrected chi connectivity index (χ4v) is 2.61. The Morgan fingerprint density at radius 1 is 0.923 bits per heavy atom. The van der Waals surface area contributed by atoms with Gasteiger partial charge in [0.2, 0.25) is 5.89 Å². The van der Waals surface area contributed by atoms with Crippen molar-refractivity contribution in [2.75, 3.05) is 5.32 Å². The van der Waals surface area contributed by atoms with Crippen LogP contribution in [0.4, 0.5) is 5.69 Å². The van der Waals surface area contributed by atoms with Crippen molar-refractivity contribution in [1.82, 2.24) is 9.97 Å². The Kier molecular flexibility index (Phi) is 3.99. The number of fused-ring (bicyclic) bond motifs is 1. The van der Waals surface area contributed by atoms with Crippen LogP contribution in [0.2, 0.25) is 0 Å². The number of carbonyl (C=O) groups is 1. The summed E-state index contributed by atoms with van der Waals surface area (Å²) >= 11 is 0. The van der Waals surface area contributed by atoms with Crippen molar-refractivity contribution >= 4 is 22.5 Å². The van der Waals surface area contributed by atoms with Gasteiger partial charge in [0.1, 0.15) is 0 Å². The van der Waals surface area contributed by atoms with Crippen molar-refractivity contribution in [3.05, 3.63) is 89.0 Å². The minimum atomic E-state index is -0.471. The first-order valence-electron chi connectivity index (χ1n) is 7.93. The van der Waals surface area contributed by atoms with Crippen LogP contribution in [0.25, 0.3) is 22.4 Å². The number of para-hydroxylation sites is 2. The van der Waals surface area contributed by atoms with Gasteiger partial charge in [-0.3, -0.25) is 9.78 Å². The van der Waals surface area contributed by atoms with E-state index in [1.807, 2.05) is 0 Å². The molecule has 6 nitrogen and oxygen atoms in total. The molecular formula is C20H13N3O3. The fraction of sp³-hybridized carbons (Fsp3) is 0. The van der Waals surface area contributed by atoms with Gasteiger partial charge in [-0.25, -0.2) is 9.78 Å². The van der Waals surface area contributed by atoms with Crippen LogP contribution in [0.5, 0.6) is 0 Å². The van der Waals surface area contributed by atoms with Crippen molar-refractivity contribution in [3.8, 4) is 11.5 Å². The highest BCUT2D eigenvalue weighted by molar-refractivity contribution is 6.05. The minimum absolute atomic E-state index is 0.152. The zero-order valence-electron chi connectivity index (χ0n) is 13.5. The summed E-state index contributed by atoms with van der Waals surface area (Å²) in [7, 11) is 0. The van der Waals surface area contributed by atoms with Crippen LogP contribution >= 0.6 is 0 Å². The number of carbonyl (C=O) groups excluding carboxylic acids is 1. The molecule has 0 spiro atoms. The van der Waals surface area contributed by atoms with Crippen LogP contribution in [-0.2, 0) is 0 Å². The lowest BCUT2D eigenvalue weighted by Crippen LogP contribution is -2.13. The Morgan fingerprint density at radius 2 is 1.65 bits per heavy atom. The summed E-state index contributed by atoms with van der Waals surface area (Å²) in [5, 5.41) is 3.24. The number of pyridine rings is 1. The second kappa shape index (κ2) is 6.60. The third-order valence-electron chi connectivity index (χ3n) is 3.88. The summed E-state index contributed by atoms with van der Waals surface area (Å²) in [5.41, 5.74) is 1.57. The standard InChI is InChI=1S/C20H13N3O3/c24-18(13-9-11-21-12-10-13)22-16-7-3-1-5-14(16)19-23-17-8-4-2-6-15(17)20(25)26-19/h1-12H,(H,22,24). The van der Waals surface area contributed by atoms with Crippen molar-refractivity contribution in [2.45, 2.75) is 0 Å². The predicted molar refractivity (Wildman–Crippen MR) is 97.9 cm³/mol. The quantitative estimate of drug-likeness (QED) is 0.615.